The molecule has 0 radical (unpaired) electrons. The van der Waals surface area contributed by atoms with Crippen LogP contribution in [-0.4, -0.2) is 18.1 Å². The first-order chi connectivity index (χ1) is 13.3. The lowest BCUT2D eigenvalue weighted by molar-refractivity contribution is -0.118. The summed E-state index contributed by atoms with van der Waals surface area (Å²) < 4.78 is 11.9. The van der Waals surface area contributed by atoms with Gasteiger partial charge in [0.15, 0.2) is 6.61 Å². The van der Waals surface area contributed by atoms with Crippen LogP contribution in [-0.2, 0) is 17.6 Å². The van der Waals surface area contributed by atoms with Crippen LogP contribution >= 0.6 is 0 Å². The molecule has 148 valence electrons. The highest BCUT2D eigenvalue weighted by atomic mass is 16.5. The normalized spacial score (nSPS) is 14.2. The van der Waals surface area contributed by atoms with E-state index in [2.05, 4.69) is 37.4 Å². The second-order valence-corrected chi connectivity index (χ2v) is 7.64. The van der Waals surface area contributed by atoms with E-state index in [1.807, 2.05) is 45.0 Å². The summed E-state index contributed by atoms with van der Waals surface area (Å²) in [5.41, 5.74) is 4.77. The van der Waals surface area contributed by atoms with Gasteiger partial charge in [0.05, 0.1) is 0 Å². The summed E-state index contributed by atoms with van der Waals surface area (Å²) in [5, 5.41) is 3.04. The first kappa shape index (κ1) is 20.0. The van der Waals surface area contributed by atoms with Gasteiger partial charge in [-0.3, -0.25) is 4.79 Å². The molecule has 0 fully saturated rings. The largest absolute Gasteiger partial charge is 0.483 e. The van der Waals surface area contributed by atoms with Crippen molar-refractivity contribution in [1.29, 1.82) is 0 Å². The molecular weight excluding hydrogens is 350 g/mol. The first-order valence-electron chi connectivity index (χ1n) is 9.90. The average molecular weight is 380 g/mol. The summed E-state index contributed by atoms with van der Waals surface area (Å²) in [4.78, 5) is 12.5. The van der Waals surface area contributed by atoms with Gasteiger partial charge in [-0.15, -0.1) is 0 Å². The molecule has 0 aromatic heterocycles. The summed E-state index contributed by atoms with van der Waals surface area (Å²) in [6, 6.07) is 10.00. The molecule has 2 aromatic rings. The van der Waals surface area contributed by atoms with Crippen molar-refractivity contribution in [2.75, 3.05) is 11.9 Å². The van der Waals surface area contributed by atoms with Gasteiger partial charge in [0.2, 0.25) is 0 Å². The smallest absolute Gasteiger partial charge is 0.262 e. The molecule has 0 spiro atoms. The van der Waals surface area contributed by atoms with Gasteiger partial charge in [-0.25, -0.2) is 0 Å². The second kappa shape index (κ2) is 8.09. The zero-order chi connectivity index (χ0) is 20.3. The van der Waals surface area contributed by atoms with E-state index < -0.39 is 0 Å². The Hall–Kier alpha value is -2.75. The molecule has 1 aliphatic heterocycles. The number of anilines is 1. The highest BCUT2D eigenvalue weighted by Crippen LogP contribution is 2.38. The Kier molecular flexibility index (Phi) is 5.78. The van der Waals surface area contributed by atoms with Crippen molar-refractivity contribution in [2.24, 2.45) is 0 Å². The summed E-state index contributed by atoms with van der Waals surface area (Å²) in [7, 11) is 0. The third-order valence-electron chi connectivity index (χ3n) is 5.04. The molecular formula is C24H29NO3. The van der Waals surface area contributed by atoms with Crippen LogP contribution in [0.5, 0.6) is 11.5 Å². The zero-order valence-electron chi connectivity index (χ0n) is 17.4. The minimum Gasteiger partial charge on any atom is -0.483 e. The molecule has 0 unspecified atom stereocenters. The quantitative estimate of drug-likeness (QED) is 0.739. The Morgan fingerprint density at radius 1 is 1.11 bits per heavy atom. The Morgan fingerprint density at radius 3 is 2.43 bits per heavy atom. The number of rotatable bonds is 6. The molecule has 1 heterocycles. The van der Waals surface area contributed by atoms with Crippen LogP contribution in [0.1, 0.15) is 49.9 Å². The van der Waals surface area contributed by atoms with Crippen LogP contribution < -0.4 is 14.8 Å². The maximum absolute atomic E-state index is 12.5. The topological polar surface area (TPSA) is 47.6 Å². The number of hydrogen-bond acceptors (Lipinski definition) is 3. The van der Waals surface area contributed by atoms with E-state index in [0.29, 0.717) is 5.75 Å². The predicted octanol–water partition coefficient (Wildman–Crippen LogP) is 5.32. The molecule has 4 heteroatoms. The van der Waals surface area contributed by atoms with Crippen molar-refractivity contribution in [3.05, 3.63) is 58.7 Å². The lowest BCUT2D eigenvalue weighted by atomic mass is 10.00. The number of hydrogen-bond donors (Lipinski definition) is 1. The van der Waals surface area contributed by atoms with Crippen molar-refractivity contribution in [3.63, 3.8) is 0 Å². The molecule has 1 N–H and O–H groups in total. The number of amides is 1. The van der Waals surface area contributed by atoms with E-state index in [4.69, 9.17) is 9.47 Å². The van der Waals surface area contributed by atoms with Gasteiger partial charge in [0.1, 0.15) is 17.1 Å². The number of carbonyl (C=O) groups is 1. The SMILES string of the molecule is CCc1cccc(CC)c1NC(=O)COc1ccc2c(c1C)OC(C)(C)C=C2. The van der Waals surface area contributed by atoms with Gasteiger partial charge in [0.25, 0.3) is 5.91 Å². The summed E-state index contributed by atoms with van der Waals surface area (Å²) in [5.74, 6) is 1.32. The van der Waals surface area contributed by atoms with Gasteiger partial charge < -0.3 is 14.8 Å². The standard InChI is InChI=1S/C24H29NO3/c1-6-17-9-8-10-18(7-2)22(17)25-21(26)15-27-20-12-11-19-13-14-24(4,5)28-23(19)16(20)3/h8-14H,6-7,15H2,1-5H3,(H,25,26). The summed E-state index contributed by atoms with van der Waals surface area (Å²) >= 11 is 0. The lowest BCUT2D eigenvalue weighted by Gasteiger charge is -2.29. The minimum atomic E-state index is -0.353. The number of benzene rings is 2. The highest BCUT2D eigenvalue weighted by molar-refractivity contribution is 5.93. The van der Waals surface area contributed by atoms with Gasteiger partial charge in [-0.1, -0.05) is 38.1 Å². The molecule has 28 heavy (non-hydrogen) atoms. The van der Waals surface area contributed by atoms with E-state index in [-0.39, 0.29) is 18.1 Å². The van der Waals surface area contributed by atoms with Crippen LogP contribution in [0.3, 0.4) is 0 Å². The van der Waals surface area contributed by atoms with Crippen molar-refractivity contribution in [3.8, 4) is 11.5 Å². The van der Waals surface area contributed by atoms with Gasteiger partial charge in [-0.2, -0.15) is 0 Å². The highest BCUT2D eigenvalue weighted by Gasteiger charge is 2.24. The molecule has 1 aliphatic rings. The average Bonchev–Trinajstić information content (AvgIpc) is 2.67. The zero-order valence-corrected chi connectivity index (χ0v) is 17.4. The van der Waals surface area contributed by atoms with E-state index in [1.165, 1.54) is 0 Å². The molecule has 4 nitrogen and oxygen atoms in total. The summed E-state index contributed by atoms with van der Waals surface area (Å²) in [6.07, 6.45) is 5.85. The van der Waals surface area contributed by atoms with Crippen molar-refractivity contribution in [1.82, 2.24) is 0 Å². The Bertz CT molecular complexity index is 890. The molecule has 2 aromatic carbocycles. The van der Waals surface area contributed by atoms with Crippen LogP contribution in [0, 0.1) is 6.92 Å². The summed E-state index contributed by atoms with van der Waals surface area (Å²) in [6.45, 7) is 10.1. The number of ether oxygens (including phenoxy) is 2. The molecule has 0 atom stereocenters. The van der Waals surface area contributed by atoms with E-state index in [1.54, 1.807) is 0 Å². The van der Waals surface area contributed by atoms with Crippen molar-refractivity contribution < 1.29 is 14.3 Å². The predicted molar refractivity (Wildman–Crippen MR) is 114 cm³/mol. The van der Waals surface area contributed by atoms with Gasteiger partial charge >= 0.3 is 0 Å². The number of aryl methyl sites for hydroxylation is 2. The lowest BCUT2D eigenvalue weighted by Crippen LogP contribution is -2.28. The Morgan fingerprint density at radius 2 is 1.79 bits per heavy atom. The van der Waals surface area contributed by atoms with Crippen molar-refractivity contribution in [2.45, 2.75) is 53.1 Å². The fraction of sp³-hybridized carbons (Fsp3) is 0.375. The van der Waals surface area contributed by atoms with Gasteiger partial charge in [0, 0.05) is 16.8 Å². The fourth-order valence-electron chi connectivity index (χ4n) is 3.43. The molecule has 0 bridgehead atoms. The number of fused-ring (bicyclic) bond motifs is 1. The Labute approximate surface area is 167 Å². The van der Waals surface area contributed by atoms with Crippen molar-refractivity contribution >= 4 is 17.7 Å². The van der Waals surface area contributed by atoms with Gasteiger partial charge in [-0.05, 0) is 62.9 Å². The molecule has 3 rings (SSSR count). The van der Waals surface area contributed by atoms with Crippen LogP contribution in [0.4, 0.5) is 5.69 Å². The van der Waals surface area contributed by atoms with E-state index in [0.717, 1.165) is 46.5 Å². The number of para-hydroxylation sites is 1. The first-order valence-corrected chi connectivity index (χ1v) is 9.90. The third kappa shape index (κ3) is 4.22. The molecule has 0 saturated heterocycles. The maximum Gasteiger partial charge on any atom is 0.262 e. The van der Waals surface area contributed by atoms with E-state index >= 15 is 0 Å². The third-order valence-corrected chi connectivity index (χ3v) is 5.04. The maximum atomic E-state index is 12.5. The van der Waals surface area contributed by atoms with Crippen LogP contribution in [0.2, 0.25) is 0 Å². The fourth-order valence-corrected chi connectivity index (χ4v) is 3.43. The second-order valence-electron chi connectivity index (χ2n) is 7.64. The minimum absolute atomic E-state index is 0.0416. The monoisotopic (exact) mass is 379 g/mol. The van der Waals surface area contributed by atoms with E-state index in [9.17, 15) is 4.79 Å². The molecule has 1 amide bonds. The van der Waals surface area contributed by atoms with Crippen LogP contribution in [0.25, 0.3) is 6.08 Å². The molecule has 0 aliphatic carbocycles. The Balaban J connectivity index is 1.72. The van der Waals surface area contributed by atoms with Crippen LogP contribution in [0.15, 0.2) is 36.4 Å². The molecule has 0 saturated carbocycles. The number of carbonyl (C=O) groups excluding carboxylic acids is 1. The number of nitrogens with one attached hydrogen (secondary N) is 1.